The number of esters is 2. The molecular weight excluding hydrogens is 386 g/mol. The summed E-state index contributed by atoms with van der Waals surface area (Å²) in [5, 5.41) is 3.16. The highest BCUT2D eigenvalue weighted by Crippen LogP contribution is 2.24. The van der Waals surface area contributed by atoms with Crippen molar-refractivity contribution >= 4 is 35.1 Å². The summed E-state index contributed by atoms with van der Waals surface area (Å²) >= 11 is 5.85. The fraction of sp³-hybridized carbons (Fsp3) is 0.250. The Morgan fingerprint density at radius 2 is 1.54 bits per heavy atom. The van der Waals surface area contributed by atoms with E-state index in [0.717, 1.165) is 0 Å². The first-order valence-electron chi connectivity index (χ1n) is 8.24. The Balaban J connectivity index is 2.30. The minimum absolute atomic E-state index is 0.0887. The summed E-state index contributed by atoms with van der Waals surface area (Å²) in [7, 11) is 2.45. The molecule has 0 aliphatic carbocycles. The van der Waals surface area contributed by atoms with Crippen LogP contribution >= 0.6 is 11.6 Å². The lowest BCUT2D eigenvalue weighted by atomic mass is 10.1. The Labute approximate surface area is 167 Å². The van der Waals surface area contributed by atoms with Gasteiger partial charge in [-0.25, -0.2) is 9.59 Å². The highest BCUT2D eigenvalue weighted by molar-refractivity contribution is 6.30. The first-order chi connectivity index (χ1) is 13.2. The van der Waals surface area contributed by atoms with Crippen LogP contribution in [-0.4, -0.2) is 37.7 Å². The highest BCUT2D eigenvalue weighted by Gasteiger charge is 2.31. The molecule has 0 radical (unpaired) electrons. The largest absolute Gasteiger partial charge is 0.478 e. The van der Waals surface area contributed by atoms with Crippen molar-refractivity contribution in [2.75, 3.05) is 19.5 Å². The van der Waals surface area contributed by atoms with Gasteiger partial charge in [0.2, 0.25) is 0 Å². The molecule has 0 saturated carbocycles. The maximum atomic E-state index is 12.8. The average Bonchev–Trinajstić information content (AvgIpc) is 2.68. The number of ether oxygens (including phenoxy) is 3. The predicted octanol–water partition coefficient (Wildman–Crippen LogP) is 3.71. The molecular formula is C20H20ClNO6. The van der Waals surface area contributed by atoms with Gasteiger partial charge in [0.25, 0.3) is 5.91 Å². The first kappa shape index (κ1) is 21.2. The number of methoxy groups -OCH3 is 2. The number of halogens is 1. The van der Waals surface area contributed by atoms with E-state index in [1.807, 2.05) is 0 Å². The van der Waals surface area contributed by atoms with E-state index in [1.54, 1.807) is 38.1 Å². The third-order valence-corrected chi connectivity index (χ3v) is 4.08. The van der Waals surface area contributed by atoms with Crippen molar-refractivity contribution < 1.29 is 28.6 Å². The second-order valence-electron chi connectivity index (χ2n) is 6.26. The lowest BCUT2D eigenvalue weighted by molar-refractivity contribution is -0.128. The van der Waals surface area contributed by atoms with Crippen LogP contribution in [0.2, 0.25) is 5.02 Å². The molecule has 0 fully saturated rings. The summed E-state index contributed by atoms with van der Waals surface area (Å²) in [4.78, 5) is 36.6. The van der Waals surface area contributed by atoms with E-state index < -0.39 is 23.4 Å². The molecule has 0 aliphatic heterocycles. The van der Waals surface area contributed by atoms with Gasteiger partial charge in [-0.3, -0.25) is 4.79 Å². The van der Waals surface area contributed by atoms with E-state index in [-0.39, 0.29) is 16.8 Å². The monoisotopic (exact) mass is 405 g/mol. The Morgan fingerprint density at radius 3 is 2.11 bits per heavy atom. The molecule has 0 atom stereocenters. The fourth-order valence-corrected chi connectivity index (χ4v) is 2.42. The van der Waals surface area contributed by atoms with Crippen LogP contribution in [0.3, 0.4) is 0 Å². The zero-order chi connectivity index (χ0) is 20.9. The Kier molecular flexibility index (Phi) is 6.64. The Morgan fingerprint density at radius 1 is 0.929 bits per heavy atom. The van der Waals surface area contributed by atoms with E-state index in [0.29, 0.717) is 10.8 Å². The van der Waals surface area contributed by atoms with Gasteiger partial charge in [-0.15, -0.1) is 0 Å². The van der Waals surface area contributed by atoms with E-state index in [4.69, 9.17) is 21.1 Å². The molecule has 0 bridgehead atoms. The molecule has 0 aromatic heterocycles. The van der Waals surface area contributed by atoms with Crippen molar-refractivity contribution in [3.8, 4) is 5.75 Å². The number of hydrogen-bond acceptors (Lipinski definition) is 6. The second-order valence-corrected chi connectivity index (χ2v) is 6.70. The van der Waals surface area contributed by atoms with Gasteiger partial charge >= 0.3 is 11.9 Å². The summed E-state index contributed by atoms with van der Waals surface area (Å²) in [5.74, 6) is -1.36. The van der Waals surface area contributed by atoms with Gasteiger partial charge in [-0.2, -0.15) is 0 Å². The molecule has 2 aromatic rings. The van der Waals surface area contributed by atoms with Crippen molar-refractivity contribution in [2.45, 2.75) is 19.4 Å². The van der Waals surface area contributed by atoms with E-state index in [1.165, 1.54) is 32.4 Å². The molecule has 1 N–H and O–H groups in total. The third kappa shape index (κ3) is 5.01. The lowest BCUT2D eigenvalue weighted by Crippen LogP contribution is -2.42. The smallest absolute Gasteiger partial charge is 0.339 e. The predicted molar refractivity (Wildman–Crippen MR) is 104 cm³/mol. The SMILES string of the molecule is COC(=O)c1ccc(C(=O)OC)c(NC(=O)C(C)(C)Oc2ccc(Cl)cc2)c1. The number of anilines is 1. The number of carbonyl (C=O) groups is 3. The molecule has 2 aromatic carbocycles. The van der Waals surface area contributed by atoms with Gasteiger partial charge in [0.15, 0.2) is 5.60 Å². The van der Waals surface area contributed by atoms with Crippen LogP contribution in [0.1, 0.15) is 34.6 Å². The third-order valence-electron chi connectivity index (χ3n) is 3.83. The molecule has 0 spiro atoms. The summed E-state index contributed by atoms with van der Waals surface area (Å²) in [5.41, 5.74) is -0.928. The van der Waals surface area contributed by atoms with Gasteiger partial charge in [-0.1, -0.05) is 11.6 Å². The van der Waals surface area contributed by atoms with Crippen molar-refractivity contribution in [2.24, 2.45) is 0 Å². The van der Waals surface area contributed by atoms with Crippen LogP contribution in [-0.2, 0) is 14.3 Å². The van der Waals surface area contributed by atoms with Gasteiger partial charge < -0.3 is 19.5 Å². The summed E-state index contributed by atoms with van der Waals surface area (Å²) in [6.45, 7) is 3.14. The first-order valence-corrected chi connectivity index (χ1v) is 8.62. The van der Waals surface area contributed by atoms with Crippen molar-refractivity contribution in [3.05, 3.63) is 58.6 Å². The molecule has 0 aliphatic rings. The van der Waals surface area contributed by atoms with Gasteiger partial charge in [0, 0.05) is 5.02 Å². The summed E-state index contributed by atoms with van der Waals surface area (Å²) < 4.78 is 15.1. The molecule has 148 valence electrons. The topological polar surface area (TPSA) is 90.9 Å². The summed E-state index contributed by atoms with van der Waals surface area (Å²) in [6.07, 6.45) is 0. The van der Waals surface area contributed by atoms with Crippen molar-refractivity contribution in [1.82, 2.24) is 0 Å². The maximum Gasteiger partial charge on any atom is 0.339 e. The number of benzene rings is 2. The zero-order valence-corrected chi connectivity index (χ0v) is 16.6. The van der Waals surface area contributed by atoms with Gasteiger partial charge in [0.05, 0.1) is 31.0 Å². The highest BCUT2D eigenvalue weighted by atomic mass is 35.5. The quantitative estimate of drug-likeness (QED) is 0.737. The minimum Gasteiger partial charge on any atom is -0.478 e. The molecule has 8 heteroatoms. The number of nitrogens with one attached hydrogen (secondary N) is 1. The molecule has 7 nitrogen and oxygen atoms in total. The maximum absolute atomic E-state index is 12.8. The molecule has 0 heterocycles. The normalized spacial score (nSPS) is 10.8. The van der Waals surface area contributed by atoms with Crippen LogP contribution in [0.15, 0.2) is 42.5 Å². The number of rotatable bonds is 6. The van der Waals surface area contributed by atoms with E-state index in [2.05, 4.69) is 10.1 Å². The minimum atomic E-state index is -1.29. The molecule has 28 heavy (non-hydrogen) atoms. The standard InChI is InChI=1S/C20H20ClNO6/c1-20(2,28-14-8-6-13(21)7-9-14)19(25)22-16-11-12(17(23)26-3)5-10-15(16)18(24)27-4/h5-11H,1-4H3,(H,22,25). The van der Waals surface area contributed by atoms with Crippen LogP contribution in [0, 0.1) is 0 Å². The average molecular weight is 406 g/mol. The zero-order valence-electron chi connectivity index (χ0n) is 15.9. The number of hydrogen-bond donors (Lipinski definition) is 1. The fourth-order valence-electron chi connectivity index (χ4n) is 2.30. The van der Waals surface area contributed by atoms with E-state index >= 15 is 0 Å². The molecule has 0 saturated heterocycles. The molecule has 1 amide bonds. The summed E-state index contributed by atoms with van der Waals surface area (Å²) in [6, 6.07) is 10.7. The lowest BCUT2D eigenvalue weighted by Gasteiger charge is -2.26. The van der Waals surface area contributed by atoms with Crippen LogP contribution in [0.4, 0.5) is 5.69 Å². The van der Waals surface area contributed by atoms with Crippen LogP contribution < -0.4 is 10.1 Å². The second kappa shape index (κ2) is 8.75. The van der Waals surface area contributed by atoms with Crippen LogP contribution in [0.5, 0.6) is 5.75 Å². The van der Waals surface area contributed by atoms with Crippen molar-refractivity contribution in [1.29, 1.82) is 0 Å². The van der Waals surface area contributed by atoms with Gasteiger partial charge in [-0.05, 0) is 56.3 Å². The van der Waals surface area contributed by atoms with Crippen molar-refractivity contribution in [3.63, 3.8) is 0 Å². The Hall–Kier alpha value is -3.06. The van der Waals surface area contributed by atoms with Crippen LogP contribution in [0.25, 0.3) is 0 Å². The molecule has 0 unspecified atom stereocenters. The Bertz CT molecular complexity index is 892. The van der Waals surface area contributed by atoms with Gasteiger partial charge in [0.1, 0.15) is 5.75 Å². The number of carbonyl (C=O) groups excluding carboxylic acids is 3. The molecule has 2 rings (SSSR count). The number of amides is 1. The van der Waals surface area contributed by atoms with E-state index in [9.17, 15) is 14.4 Å².